The maximum Gasteiger partial charge on any atom is 0.268 e. The highest BCUT2D eigenvalue weighted by Crippen LogP contribution is 2.26. The highest BCUT2D eigenvalue weighted by molar-refractivity contribution is 6.04. The van der Waals surface area contributed by atoms with E-state index in [1.165, 1.54) is 0 Å². The summed E-state index contributed by atoms with van der Waals surface area (Å²) in [5.41, 5.74) is 4.81. The molecular weight excluding hydrogens is 366 g/mol. The zero-order valence-electron chi connectivity index (χ0n) is 16.3. The van der Waals surface area contributed by atoms with E-state index in [2.05, 4.69) is 15.3 Å². The summed E-state index contributed by atoms with van der Waals surface area (Å²) >= 11 is 0. The number of ketones is 1. The minimum atomic E-state index is -0.193. The number of carbonyl (C=O) groups excluding carboxylic acids is 2. The summed E-state index contributed by atoms with van der Waals surface area (Å²) in [4.78, 5) is 32.0. The number of nitrogens with zero attached hydrogens (tertiary/aromatic N) is 1. The molecule has 1 aliphatic rings. The van der Waals surface area contributed by atoms with Crippen LogP contribution in [0.1, 0.15) is 56.1 Å². The Kier molecular flexibility index (Phi) is 5.42. The lowest BCUT2D eigenvalue weighted by atomic mass is 9.94. The minimum absolute atomic E-state index is 0.126. The lowest BCUT2D eigenvalue weighted by Gasteiger charge is -2.09. The Balaban J connectivity index is 1.34. The predicted molar refractivity (Wildman–Crippen MR) is 109 cm³/mol. The summed E-state index contributed by atoms with van der Waals surface area (Å²) in [5, 5.41) is 2.93. The van der Waals surface area contributed by atoms with Gasteiger partial charge < -0.3 is 15.0 Å². The molecule has 0 fully saturated rings. The summed E-state index contributed by atoms with van der Waals surface area (Å²) < 4.78 is 5.75. The Hall–Kier alpha value is -3.41. The average molecular weight is 389 g/mol. The molecule has 1 amide bonds. The van der Waals surface area contributed by atoms with E-state index >= 15 is 0 Å². The van der Waals surface area contributed by atoms with Gasteiger partial charge in [0.05, 0.1) is 0 Å². The van der Waals surface area contributed by atoms with Gasteiger partial charge in [-0.3, -0.25) is 14.6 Å². The SMILES string of the molecule is Cc1c(C(=O)NCc2ccc(OCc3cccnc3)cc2)[nH]c2c1C(=O)CCC2. The van der Waals surface area contributed by atoms with E-state index in [-0.39, 0.29) is 11.7 Å². The fourth-order valence-corrected chi connectivity index (χ4v) is 3.63. The molecule has 0 bridgehead atoms. The van der Waals surface area contributed by atoms with Crippen molar-refractivity contribution < 1.29 is 14.3 Å². The summed E-state index contributed by atoms with van der Waals surface area (Å²) in [6, 6.07) is 11.5. The molecule has 3 aromatic rings. The lowest BCUT2D eigenvalue weighted by Crippen LogP contribution is -2.24. The van der Waals surface area contributed by atoms with Gasteiger partial charge >= 0.3 is 0 Å². The molecule has 0 saturated carbocycles. The van der Waals surface area contributed by atoms with Crippen LogP contribution < -0.4 is 10.1 Å². The molecule has 148 valence electrons. The number of nitrogens with one attached hydrogen (secondary N) is 2. The van der Waals surface area contributed by atoms with Gasteiger partial charge in [0.1, 0.15) is 18.1 Å². The van der Waals surface area contributed by atoms with Crippen LogP contribution in [0, 0.1) is 6.92 Å². The summed E-state index contributed by atoms with van der Waals surface area (Å²) in [6.07, 6.45) is 5.71. The quantitative estimate of drug-likeness (QED) is 0.673. The number of hydrogen-bond donors (Lipinski definition) is 2. The highest BCUT2D eigenvalue weighted by atomic mass is 16.5. The van der Waals surface area contributed by atoms with Crippen LogP contribution in [0.2, 0.25) is 0 Å². The Morgan fingerprint density at radius 1 is 1.17 bits per heavy atom. The number of ether oxygens (including phenoxy) is 1. The molecule has 0 aliphatic heterocycles. The number of amides is 1. The number of pyridine rings is 1. The Morgan fingerprint density at radius 2 is 2.00 bits per heavy atom. The summed E-state index contributed by atoms with van der Waals surface area (Å²) in [6.45, 7) is 2.69. The average Bonchev–Trinajstić information content (AvgIpc) is 3.10. The van der Waals surface area contributed by atoms with Gasteiger partial charge in [-0.25, -0.2) is 0 Å². The van der Waals surface area contributed by atoms with E-state index < -0.39 is 0 Å². The predicted octanol–water partition coefficient (Wildman–Crippen LogP) is 3.75. The Morgan fingerprint density at radius 3 is 2.72 bits per heavy atom. The third-order valence-corrected chi connectivity index (χ3v) is 5.17. The number of benzene rings is 1. The van der Waals surface area contributed by atoms with Crippen molar-refractivity contribution >= 4 is 11.7 Å². The van der Waals surface area contributed by atoms with Gasteiger partial charge in [-0.1, -0.05) is 18.2 Å². The highest BCUT2D eigenvalue weighted by Gasteiger charge is 2.26. The first-order valence-electron chi connectivity index (χ1n) is 9.75. The molecule has 2 heterocycles. The molecule has 1 aromatic carbocycles. The van der Waals surface area contributed by atoms with E-state index in [0.717, 1.165) is 41.0 Å². The second-order valence-corrected chi connectivity index (χ2v) is 7.23. The number of rotatable bonds is 6. The van der Waals surface area contributed by atoms with Crippen molar-refractivity contribution in [3.63, 3.8) is 0 Å². The molecule has 29 heavy (non-hydrogen) atoms. The second-order valence-electron chi connectivity index (χ2n) is 7.23. The number of H-pyrrole nitrogens is 1. The van der Waals surface area contributed by atoms with E-state index in [0.29, 0.717) is 30.8 Å². The van der Waals surface area contributed by atoms with Crippen LogP contribution in [0.25, 0.3) is 0 Å². The fourth-order valence-electron chi connectivity index (χ4n) is 3.63. The third kappa shape index (κ3) is 4.21. The van der Waals surface area contributed by atoms with E-state index in [1.807, 2.05) is 43.3 Å². The van der Waals surface area contributed by atoms with Crippen molar-refractivity contribution in [1.82, 2.24) is 15.3 Å². The minimum Gasteiger partial charge on any atom is -0.489 e. The first kappa shape index (κ1) is 18.9. The van der Waals surface area contributed by atoms with E-state index in [4.69, 9.17) is 4.74 Å². The van der Waals surface area contributed by atoms with Crippen LogP contribution in [-0.2, 0) is 19.6 Å². The maximum absolute atomic E-state index is 12.6. The van der Waals surface area contributed by atoms with E-state index in [9.17, 15) is 9.59 Å². The smallest absolute Gasteiger partial charge is 0.268 e. The van der Waals surface area contributed by atoms with Crippen molar-refractivity contribution in [3.05, 3.63) is 82.4 Å². The standard InChI is InChI=1S/C23H23N3O3/c1-15-21-19(5-2-6-20(21)27)26-22(15)23(28)25-13-16-7-9-18(10-8-16)29-14-17-4-3-11-24-12-17/h3-4,7-12,26H,2,5-6,13-14H2,1H3,(H,25,28). The largest absolute Gasteiger partial charge is 0.489 e. The molecule has 6 heteroatoms. The van der Waals surface area contributed by atoms with Gasteiger partial charge in [0.2, 0.25) is 0 Å². The van der Waals surface area contributed by atoms with Crippen LogP contribution >= 0.6 is 0 Å². The van der Waals surface area contributed by atoms with Gasteiger partial charge in [0, 0.05) is 42.2 Å². The number of Topliss-reactive ketones (excluding diaryl/α,β-unsaturated/α-hetero) is 1. The molecular formula is C23H23N3O3. The molecule has 1 aliphatic carbocycles. The number of hydrogen-bond acceptors (Lipinski definition) is 4. The molecule has 0 spiro atoms. The Bertz CT molecular complexity index is 1020. The number of carbonyl (C=O) groups is 2. The van der Waals surface area contributed by atoms with Crippen LogP contribution in [0.15, 0.2) is 48.8 Å². The molecule has 4 rings (SSSR count). The molecule has 2 aromatic heterocycles. The van der Waals surface area contributed by atoms with Gasteiger partial charge in [-0.05, 0) is 49.1 Å². The fraction of sp³-hybridized carbons (Fsp3) is 0.261. The first-order chi connectivity index (χ1) is 14.1. The Labute approximate surface area is 169 Å². The van der Waals surface area contributed by atoms with Crippen molar-refractivity contribution in [3.8, 4) is 5.75 Å². The van der Waals surface area contributed by atoms with Crippen molar-refractivity contribution in [2.45, 2.75) is 39.3 Å². The summed E-state index contributed by atoms with van der Waals surface area (Å²) in [5.74, 6) is 0.692. The molecule has 0 unspecified atom stereocenters. The van der Waals surface area contributed by atoms with Crippen LogP contribution in [-0.4, -0.2) is 21.7 Å². The lowest BCUT2D eigenvalue weighted by molar-refractivity contribution is 0.0945. The van der Waals surface area contributed by atoms with Crippen LogP contribution in [0.5, 0.6) is 5.75 Å². The van der Waals surface area contributed by atoms with Gasteiger partial charge in [-0.15, -0.1) is 0 Å². The van der Waals surface area contributed by atoms with Gasteiger partial charge in [0.25, 0.3) is 5.91 Å². The van der Waals surface area contributed by atoms with Crippen molar-refractivity contribution in [2.24, 2.45) is 0 Å². The molecule has 0 saturated heterocycles. The van der Waals surface area contributed by atoms with Gasteiger partial charge in [-0.2, -0.15) is 0 Å². The number of aryl methyl sites for hydroxylation is 1. The second kappa shape index (κ2) is 8.31. The topological polar surface area (TPSA) is 84.1 Å². The molecule has 6 nitrogen and oxygen atoms in total. The monoisotopic (exact) mass is 389 g/mol. The van der Waals surface area contributed by atoms with E-state index in [1.54, 1.807) is 12.4 Å². The van der Waals surface area contributed by atoms with Crippen molar-refractivity contribution in [2.75, 3.05) is 0 Å². The zero-order chi connectivity index (χ0) is 20.2. The molecule has 0 atom stereocenters. The maximum atomic E-state index is 12.6. The van der Waals surface area contributed by atoms with Crippen LogP contribution in [0.4, 0.5) is 0 Å². The number of fused-ring (bicyclic) bond motifs is 1. The number of aromatic amines is 1. The first-order valence-corrected chi connectivity index (χ1v) is 9.75. The number of aromatic nitrogens is 2. The zero-order valence-corrected chi connectivity index (χ0v) is 16.3. The molecule has 0 radical (unpaired) electrons. The molecule has 2 N–H and O–H groups in total. The normalized spacial score (nSPS) is 13.1. The van der Waals surface area contributed by atoms with Crippen LogP contribution in [0.3, 0.4) is 0 Å². The summed E-state index contributed by atoms with van der Waals surface area (Å²) in [7, 11) is 0. The van der Waals surface area contributed by atoms with Crippen molar-refractivity contribution in [1.29, 1.82) is 0 Å². The van der Waals surface area contributed by atoms with Gasteiger partial charge in [0.15, 0.2) is 5.78 Å². The third-order valence-electron chi connectivity index (χ3n) is 5.17.